The second kappa shape index (κ2) is 7.53. The molecule has 3 aromatic rings. The van der Waals surface area contributed by atoms with Gasteiger partial charge in [0, 0.05) is 23.1 Å². The van der Waals surface area contributed by atoms with Gasteiger partial charge in [0.05, 0.1) is 13.2 Å². The molecule has 1 aromatic heterocycles. The standard InChI is InChI=1S/C19H18O5S/c1-3-22-13-9-16(23-4-2)19-15(21)11-18(24-17(19)10-13)25-14-7-5-12(20)6-8-14/h5-11,20H,3-4H2,1-2H3. The summed E-state index contributed by atoms with van der Waals surface area (Å²) in [6.07, 6.45) is 0. The minimum absolute atomic E-state index is 0.172. The minimum Gasteiger partial charge on any atom is -0.508 e. The Balaban J connectivity index is 2.07. The normalized spacial score (nSPS) is 10.8. The number of phenols is 1. The Bertz CT molecular complexity index is 931. The van der Waals surface area contributed by atoms with Gasteiger partial charge in [-0.05, 0) is 38.1 Å². The van der Waals surface area contributed by atoms with Crippen molar-refractivity contribution in [1.82, 2.24) is 0 Å². The predicted octanol–water partition coefficient (Wildman–Crippen LogP) is 4.45. The average Bonchev–Trinajstić information content (AvgIpc) is 2.57. The quantitative estimate of drug-likeness (QED) is 0.702. The van der Waals surface area contributed by atoms with Crippen LogP contribution in [0, 0.1) is 0 Å². The van der Waals surface area contributed by atoms with E-state index >= 15 is 0 Å². The SMILES string of the molecule is CCOc1cc(OCC)c2c(=O)cc(Sc3ccc(O)cc3)oc2c1. The fourth-order valence-corrected chi connectivity index (χ4v) is 3.21. The van der Waals surface area contributed by atoms with Gasteiger partial charge in [0.25, 0.3) is 0 Å². The number of ether oxygens (including phenoxy) is 2. The van der Waals surface area contributed by atoms with Crippen LogP contribution >= 0.6 is 11.8 Å². The molecule has 0 aliphatic rings. The fourth-order valence-electron chi connectivity index (χ4n) is 2.41. The molecule has 0 aliphatic heterocycles. The van der Waals surface area contributed by atoms with Crippen LogP contribution in [0.1, 0.15) is 13.8 Å². The molecule has 1 N–H and O–H groups in total. The highest BCUT2D eigenvalue weighted by Gasteiger charge is 2.14. The molecule has 0 atom stereocenters. The maximum absolute atomic E-state index is 12.6. The lowest BCUT2D eigenvalue weighted by Crippen LogP contribution is -2.05. The van der Waals surface area contributed by atoms with Crippen LogP contribution < -0.4 is 14.9 Å². The summed E-state index contributed by atoms with van der Waals surface area (Å²) in [6, 6.07) is 11.5. The maximum atomic E-state index is 12.6. The van der Waals surface area contributed by atoms with Gasteiger partial charge in [0.2, 0.25) is 0 Å². The van der Waals surface area contributed by atoms with E-state index in [9.17, 15) is 9.90 Å². The number of fused-ring (bicyclic) bond motifs is 1. The minimum atomic E-state index is -0.172. The fraction of sp³-hybridized carbons (Fsp3) is 0.211. The first kappa shape index (κ1) is 17.2. The lowest BCUT2D eigenvalue weighted by molar-refractivity contribution is 0.324. The van der Waals surface area contributed by atoms with E-state index in [0.717, 1.165) is 4.90 Å². The number of hydrogen-bond acceptors (Lipinski definition) is 6. The van der Waals surface area contributed by atoms with Gasteiger partial charge in [-0.2, -0.15) is 0 Å². The van der Waals surface area contributed by atoms with Crippen LogP contribution in [-0.4, -0.2) is 18.3 Å². The van der Waals surface area contributed by atoms with Crippen LogP contribution in [-0.2, 0) is 0 Å². The maximum Gasteiger partial charge on any atom is 0.197 e. The molecule has 0 aliphatic carbocycles. The molecule has 0 saturated carbocycles. The molecule has 3 rings (SSSR count). The van der Waals surface area contributed by atoms with Crippen molar-refractivity contribution < 1.29 is 19.0 Å². The highest BCUT2D eigenvalue weighted by atomic mass is 32.2. The van der Waals surface area contributed by atoms with Crippen LogP contribution in [0.4, 0.5) is 0 Å². The molecule has 0 saturated heterocycles. The smallest absolute Gasteiger partial charge is 0.197 e. The van der Waals surface area contributed by atoms with E-state index in [1.54, 1.807) is 36.4 Å². The Morgan fingerprint density at radius 1 is 1.04 bits per heavy atom. The number of aromatic hydroxyl groups is 1. The molecule has 0 spiro atoms. The Labute approximate surface area is 149 Å². The first-order valence-corrected chi connectivity index (χ1v) is 8.76. The first-order chi connectivity index (χ1) is 12.1. The molecular formula is C19H18O5S. The summed E-state index contributed by atoms with van der Waals surface area (Å²) in [4.78, 5) is 13.4. The van der Waals surface area contributed by atoms with E-state index in [2.05, 4.69) is 0 Å². The van der Waals surface area contributed by atoms with Crippen molar-refractivity contribution in [2.75, 3.05) is 13.2 Å². The number of rotatable bonds is 6. The number of phenolic OH excluding ortho intramolecular Hbond substituents is 1. The van der Waals surface area contributed by atoms with E-state index < -0.39 is 0 Å². The van der Waals surface area contributed by atoms with E-state index in [1.807, 2.05) is 13.8 Å². The third-order valence-corrected chi connectivity index (χ3v) is 4.32. The summed E-state index contributed by atoms with van der Waals surface area (Å²) in [5.41, 5.74) is 0.247. The van der Waals surface area contributed by atoms with Crippen LogP contribution in [0.3, 0.4) is 0 Å². The van der Waals surface area contributed by atoms with Crippen LogP contribution in [0.15, 0.2) is 61.7 Å². The summed E-state index contributed by atoms with van der Waals surface area (Å²) in [5.74, 6) is 1.23. The predicted molar refractivity (Wildman–Crippen MR) is 97.1 cm³/mol. The summed E-state index contributed by atoms with van der Waals surface area (Å²) >= 11 is 1.30. The van der Waals surface area contributed by atoms with Gasteiger partial charge in [0.1, 0.15) is 28.2 Å². The highest BCUT2D eigenvalue weighted by molar-refractivity contribution is 7.99. The molecule has 5 nitrogen and oxygen atoms in total. The average molecular weight is 358 g/mol. The van der Waals surface area contributed by atoms with E-state index in [-0.39, 0.29) is 11.2 Å². The van der Waals surface area contributed by atoms with E-state index in [0.29, 0.717) is 40.8 Å². The molecule has 0 bridgehead atoms. The topological polar surface area (TPSA) is 68.9 Å². The summed E-state index contributed by atoms with van der Waals surface area (Å²) < 4.78 is 17.0. The number of benzene rings is 2. The van der Waals surface area contributed by atoms with Gasteiger partial charge in [0.15, 0.2) is 10.5 Å². The van der Waals surface area contributed by atoms with Crippen LogP contribution in [0.5, 0.6) is 17.2 Å². The molecule has 6 heteroatoms. The molecule has 0 radical (unpaired) electrons. The Morgan fingerprint density at radius 2 is 1.76 bits per heavy atom. The van der Waals surface area contributed by atoms with Crippen LogP contribution in [0.2, 0.25) is 0 Å². The Kier molecular flexibility index (Phi) is 5.19. The third-order valence-electron chi connectivity index (χ3n) is 3.41. The monoisotopic (exact) mass is 358 g/mol. The largest absolute Gasteiger partial charge is 0.508 e. The van der Waals surface area contributed by atoms with Crippen molar-refractivity contribution in [2.24, 2.45) is 0 Å². The zero-order valence-corrected chi connectivity index (χ0v) is 14.8. The van der Waals surface area contributed by atoms with Gasteiger partial charge in [-0.1, -0.05) is 11.8 Å². The van der Waals surface area contributed by atoms with Crippen LogP contribution in [0.25, 0.3) is 11.0 Å². The zero-order valence-electron chi connectivity index (χ0n) is 13.9. The summed E-state index contributed by atoms with van der Waals surface area (Å²) in [5, 5.41) is 10.2. The van der Waals surface area contributed by atoms with Crippen molar-refractivity contribution in [3.63, 3.8) is 0 Å². The molecule has 0 unspecified atom stereocenters. The number of hydrogen-bond donors (Lipinski definition) is 1. The second-order valence-electron chi connectivity index (χ2n) is 5.19. The Hall–Kier alpha value is -2.60. The van der Waals surface area contributed by atoms with Gasteiger partial charge in [-0.15, -0.1) is 0 Å². The van der Waals surface area contributed by atoms with E-state index in [1.165, 1.54) is 17.8 Å². The summed E-state index contributed by atoms with van der Waals surface area (Å²) in [7, 11) is 0. The van der Waals surface area contributed by atoms with Crippen molar-refractivity contribution >= 4 is 22.7 Å². The lowest BCUT2D eigenvalue weighted by Gasteiger charge is -2.11. The highest BCUT2D eigenvalue weighted by Crippen LogP contribution is 2.34. The van der Waals surface area contributed by atoms with Gasteiger partial charge < -0.3 is 19.0 Å². The lowest BCUT2D eigenvalue weighted by atomic mass is 10.2. The molecular weight excluding hydrogens is 340 g/mol. The molecule has 0 amide bonds. The molecule has 25 heavy (non-hydrogen) atoms. The molecule has 130 valence electrons. The molecule has 0 fully saturated rings. The molecule has 2 aromatic carbocycles. The van der Waals surface area contributed by atoms with Gasteiger partial charge >= 0.3 is 0 Å². The summed E-state index contributed by atoms with van der Waals surface area (Å²) in [6.45, 7) is 4.69. The second-order valence-corrected chi connectivity index (χ2v) is 6.26. The van der Waals surface area contributed by atoms with Crippen molar-refractivity contribution in [2.45, 2.75) is 23.8 Å². The Morgan fingerprint density at radius 3 is 2.44 bits per heavy atom. The van der Waals surface area contributed by atoms with Crippen molar-refractivity contribution in [3.05, 3.63) is 52.7 Å². The third kappa shape index (κ3) is 3.91. The van der Waals surface area contributed by atoms with Crippen molar-refractivity contribution in [3.8, 4) is 17.2 Å². The first-order valence-electron chi connectivity index (χ1n) is 7.95. The van der Waals surface area contributed by atoms with E-state index in [4.69, 9.17) is 13.9 Å². The zero-order chi connectivity index (χ0) is 17.8. The van der Waals surface area contributed by atoms with Crippen molar-refractivity contribution in [1.29, 1.82) is 0 Å². The van der Waals surface area contributed by atoms with Gasteiger partial charge in [-0.25, -0.2) is 0 Å². The van der Waals surface area contributed by atoms with Gasteiger partial charge in [-0.3, -0.25) is 4.79 Å². The molecule has 1 heterocycles.